The summed E-state index contributed by atoms with van der Waals surface area (Å²) in [5, 5.41) is 5.36. The summed E-state index contributed by atoms with van der Waals surface area (Å²) in [6.07, 6.45) is 4.48. The molecule has 1 aliphatic rings. The van der Waals surface area contributed by atoms with Crippen molar-refractivity contribution in [3.63, 3.8) is 0 Å². The third-order valence-corrected chi connectivity index (χ3v) is 4.96. The van der Waals surface area contributed by atoms with Crippen molar-refractivity contribution >= 4 is 58.1 Å². The predicted molar refractivity (Wildman–Crippen MR) is 94.0 cm³/mol. The zero-order chi connectivity index (χ0) is 12.7. The molecule has 19 heavy (non-hydrogen) atoms. The lowest BCUT2D eigenvalue weighted by Crippen LogP contribution is -1.88. The maximum absolute atomic E-state index is 3.46. The van der Waals surface area contributed by atoms with E-state index in [1.54, 1.807) is 0 Å². The smallest absolute Gasteiger partial charge is 0.00171 e. The SMILES string of the molecule is C1=Cc2c(c3ccccc3c3ccccc23)C=CI=1. The summed E-state index contributed by atoms with van der Waals surface area (Å²) in [6, 6.07) is 17.4. The number of benzene rings is 3. The second-order valence-electron chi connectivity index (χ2n) is 4.57. The average Bonchev–Trinajstić information content (AvgIpc) is 2.73. The van der Waals surface area contributed by atoms with Crippen LogP contribution in [0.4, 0.5) is 0 Å². The van der Waals surface area contributed by atoms with E-state index in [0.29, 0.717) is 0 Å². The topological polar surface area (TPSA) is 0 Å². The molecule has 90 valence electrons. The van der Waals surface area contributed by atoms with Gasteiger partial charge in [0.2, 0.25) is 0 Å². The molecule has 3 aromatic rings. The highest BCUT2D eigenvalue weighted by Crippen LogP contribution is 2.35. The molecule has 0 amide bonds. The van der Waals surface area contributed by atoms with Gasteiger partial charge in [-0.3, -0.25) is 0 Å². The van der Waals surface area contributed by atoms with E-state index in [-0.39, 0.29) is 20.7 Å². The summed E-state index contributed by atoms with van der Waals surface area (Å²) in [6.45, 7) is 0. The van der Waals surface area contributed by atoms with Crippen LogP contribution in [0.25, 0.3) is 33.7 Å². The molecule has 0 saturated carbocycles. The molecule has 1 heterocycles. The third kappa shape index (κ3) is 1.70. The first-order valence-electron chi connectivity index (χ1n) is 6.26. The number of hydrogen-bond donors (Lipinski definition) is 0. The molecule has 1 aliphatic heterocycles. The van der Waals surface area contributed by atoms with Crippen LogP contribution >= 0.6 is 20.7 Å². The Morgan fingerprint density at radius 2 is 1.26 bits per heavy atom. The fraction of sp³-hybridized carbons (Fsp3) is 0. The quantitative estimate of drug-likeness (QED) is 0.377. The average molecular weight is 354 g/mol. The van der Waals surface area contributed by atoms with Gasteiger partial charge in [0.1, 0.15) is 0 Å². The summed E-state index contributed by atoms with van der Waals surface area (Å²) in [5.41, 5.74) is 2.67. The molecule has 0 aliphatic carbocycles. The van der Waals surface area contributed by atoms with E-state index in [1.165, 1.54) is 32.7 Å². The van der Waals surface area contributed by atoms with Crippen molar-refractivity contribution in [3.05, 3.63) is 63.7 Å². The molecule has 3 aromatic carbocycles. The molecule has 0 N–H and O–H groups in total. The van der Waals surface area contributed by atoms with Gasteiger partial charge in [-0.05, 0) is 69.6 Å². The Bertz CT molecular complexity index is 894. The lowest BCUT2D eigenvalue weighted by Gasteiger charge is -2.11. The molecule has 0 bridgehead atoms. The van der Waals surface area contributed by atoms with Crippen LogP contribution in [0.2, 0.25) is 0 Å². The molecule has 1 heteroatoms. The summed E-state index contributed by atoms with van der Waals surface area (Å²) in [7, 11) is 0. The van der Waals surface area contributed by atoms with Gasteiger partial charge in [-0.2, -0.15) is 0 Å². The van der Waals surface area contributed by atoms with E-state index < -0.39 is 0 Å². The molecule has 0 fully saturated rings. The van der Waals surface area contributed by atoms with Crippen LogP contribution in [0.15, 0.2) is 52.6 Å². The van der Waals surface area contributed by atoms with Crippen molar-refractivity contribution in [3.8, 4) is 0 Å². The Hall–Kier alpha value is -1.70. The van der Waals surface area contributed by atoms with Crippen LogP contribution in [0.5, 0.6) is 0 Å². The predicted octanol–water partition coefficient (Wildman–Crippen LogP) is 5.36. The lowest BCUT2D eigenvalue weighted by molar-refractivity contribution is 1.71. The van der Waals surface area contributed by atoms with Crippen LogP contribution in [-0.2, 0) is 0 Å². The molecule has 4 rings (SSSR count). The van der Waals surface area contributed by atoms with Gasteiger partial charge in [-0.15, -0.1) is 0 Å². The van der Waals surface area contributed by atoms with Crippen LogP contribution in [0.1, 0.15) is 11.1 Å². The van der Waals surface area contributed by atoms with E-state index >= 15 is 0 Å². The molecule has 0 nitrogen and oxygen atoms in total. The second-order valence-corrected chi connectivity index (χ2v) is 6.54. The van der Waals surface area contributed by atoms with Crippen LogP contribution in [-0.4, -0.2) is 3.67 Å². The van der Waals surface area contributed by atoms with E-state index in [0.717, 1.165) is 0 Å². The van der Waals surface area contributed by atoms with Crippen molar-refractivity contribution < 1.29 is 0 Å². The van der Waals surface area contributed by atoms with E-state index in [9.17, 15) is 0 Å². The van der Waals surface area contributed by atoms with Crippen molar-refractivity contribution in [1.82, 2.24) is 0 Å². The largest absolute Gasteiger partial charge is 0.0818 e. The van der Waals surface area contributed by atoms with Gasteiger partial charge in [0.15, 0.2) is 0 Å². The highest BCUT2D eigenvalue weighted by atomic mass is 127. The maximum atomic E-state index is 3.46. The zero-order valence-corrected chi connectivity index (χ0v) is 12.4. The summed E-state index contributed by atoms with van der Waals surface area (Å²) < 4.78 is 5.75. The van der Waals surface area contributed by atoms with E-state index in [2.05, 4.69) is 68.4 Å². The summed E-state index contributed by atoms with van der Waals surface area (Å²) in [5.74, 6) is 0. The van der Waals surface area contributed by atoms with Gasteiger partial charge in [-0.25, -0.2) is 0 Å². The minimum atomic E-state index is -0.0603. The fourth-order valence-corrected chi connectivity index (χ4v) is 3.99. The first-order valence-corrected chi connectivity index (χ1v) is 8.59. The minimum absolute atomic E-state index is 0.0603. The second kappa shape index (κ2) is 4.44. The first kappa shape index (κ1) is 11.2. The Balaban J connectivity index is 2.36. The van der Waals surface area contributed by atoms with Crippen molar-refractivity contribution in [2.24, 2.45) is 0 Å². The third-order valence-electron chi connectivity index (χ3n) is 3.57. The Morgan fingerprint density at radius 1 is 0.684 bits per heavy atom. The maximum Gasteiger partial charge on any atom is -0.00171 e. The van der Waals surface area contributed by atoms with Crippen molar-refractivity contribution in [1.29, 1.82) is 0 Å². The standard InChI is InChI=1S/C18H11I/c1-3-7-15-13(5-1)14-6-2-4-8-16(14)18-10-12-19-11-9-17(15)18/h1-11H. The minimum Gasteiger partial charge on any atom is -0.0818 e. The van der Waals surface area contributed by atoms with Gasteiger partial charge < -0.3 is 0 Å². The number of rotatable bonds is 0. The molecule has 0 radical (unpaired) electrons. The molecular formula is C18H11I. The van der Waals surface area contributed by atoms with Crippen molar-refractivity contribution in [2.45, 2.75) is 0 Å². The molecular weight excluding hydrogens is 343 g/mol. The number of fused-ring (bicyclic) bond motifs is 6. The molecule has 0 unspecified atom stereocenters. The van der Waals surface area contributed by atoms with E-state index in [4.69, 9.17) is 0 Å². The number of hydrogen-bond acceptors (Lipinski definition) is 0. The molecule has 0 saturated heterocycles. The highest BCUT2D eigenvalue weighted by Gasteiger charge is 2.10. The summed E-state index contributed by atoms with van der Waals surface area (Å²) in [4.78, 5) is 0. The Labute approximate surface area is 121 Å². The zero-order valence-electron chi connectivity index (χ0n) is 10.2. The lowest BCUT2D eigenvalue weighted by atomic mass is 9.92. The van der Waals surface area contributed by atoms with Gasteiger partial charge >= 0.3 is 0 Å². The van der Waals surface area contributed by atoms with Crippen LogP contribution in [0, 0.1) is 0 Å². The monoisotopic (exact) mass is 354 g/mol. The Morgan fingerprint density at radius 3 is 1.95 bits per heavy atom. The van der Waals surface area contributed by atoms with Gasteiger partial charge in [0.25, 0.3) is 0 Å². The first-order chi connectivity index (χ1) is 9.45. The number of halogens is 1. The normalized spacial score (nSPS) is 13.3. The van der Waals surface area contributed by atoms with Gasteiger partial charge in [0.05, 0.1) is 0 Å². The highest BCUT2D eigenvalue weighted by molar-refractivity contribution is 14.2. The van der Waals surface area contributed by atoms with Crippen molar-refractivity contribution in [2.75, 3.05) is 0 Å². The van der Waals surface area contributed by atoms with Gasteiger partial charge in [-0.1, -0.05) is 52.2 Å². The fourth-order valence-electron chi connectivity index (χ4n) is 2.75. The molecule has 0 aromatic heterocycles. The van der Waals surface area contributed by atoms with Crippen LogP contribution in [0.3, 0.4) is 0 Å². The van der Waals surface area contributed by atoms with Gasteiger partial charge in [0, 0.05) is 0 Å². The summed E-state index contributed by atoms with van der Waals surface area (Å²) >= 11 is -0.0603. The van der Waals surface area contributed by atoms with E-state index in [1.807, 2.05) is 0 Å². The molecule has 0 spiro atoms. The Kier molecular flexibility index (Phi) is 2.61. The van der Waals surface area contributed by atoms with Crippen LogP contribution < -0.4 is 0 Å². The molecule has 0 atom stereocenters.